The van der Waals surface area contributed by atoms with Gasteiger partial charge in [-0.1, -0.05) is 24.2 Å². The molecule has 1 N–H and O–H groups in total. The van der Waals surface area contributed by atoms with Crippen LogP contribution in [0.1, 0.15) is 34.1 Å². The second kappa shape index (κ2) is 11.9. The zero-order valence-corrected chi connectivity index (χ0v) is 23.1. The number of hydrogen-bond acceptors (Lipinski definition) is 9. The molecule has 1 unspecified atom stereocenters. The molecule has 1 aliphatic rings. The third-order valence-electron chi connectivity index (χ3n) is 5.96. The molecular weight excluding hydrogens is 548 g/mol. The number of non-ortho nitro benzene ring substituents is 1. The van der Waals surface area contributed by atoms with E-state index in [4.69, 9.17) is 11.2 Å². The van der Waals surface area contributed by atoms with Crippen LogP contribution in [0.3, 0.4) is 0 Å². The molecule has 3 aromatic rings. The number of anilines is 1. The van der Waals surface area contributed by atoms with Gasteiger partial charge in [-0.05, 0) is 36.8 Å². The number of nitrogens with one attached hydrogen (secondary N) is 1. The van der Waals surface area contributed by atoms with Crippen molar-refractivity contribution in [2.24, 2.45) is 10.9 Å². The van der Waals surface area contributed by atoms with Crippen LogP contribution in [0.15, 0.2) is 23.2 Å². The minimum atomic E-state index is -0.492. The Kier molecular flexibility index (Phi) is 8.65. The van der Waals surface area contributed by atoms with Crippen molar-refractivity contribution in [3.8, 4) is 12.3 Å². The van der Waals surface area contributed by atoms with E-state index in [1.165, 1.54) is 30.6 Å². The van der Waals surface area contributed by atoms with E-state index in [1.807, 2.05) is 0 Å². The number of aromatic nitrogens is 1. The van der Waals surface area contributed by atoms with Crippen LogP contribution in [0.2, 0.25) is 0 Å². The molecule has 2 heterocycles. The summed E-state index contributed by atoms with van der Waals surface area (Å²) in [6.45, 7) is 2.31. The first kappa shape index (κ1) is 27.6. The maximum Gasteiger partial charge on any atom is 0.341 e. The van der Waals surface area contributed by atoms with E-state index in [0.29, 0.717) is 31.5 Å². The van der Waals surface area contributed by atoms with Gasteiger partial charge in [0.25, 0.3) is 11.6 Å². The monoisotopic (exact) mass is 572 g/mol. The van der Waals surface area contributed by atoms with Crippen molar-refractivity contribution in [2.45, 2.75) is 32.7 Å². The molecular formula is C25H24N4O6S3. The average molecular weight is 573 g/mol. The maximum absolute atomic E-state index is 12.6. The van der Waals surface area contributed by atoms with Crippen LogP contribution in [0.4, 0.5) is 10.7 Å². The first-order chi connectivity index (χ1) is 18.2. The molecule has 0 saturated heterocycles. The van der Waals surface area contributed by atoms with Gasteiger partial charge in [-0.3, -0.25) is 19.7 Å². The van der Waals surface area contributed by atoms with Gasteiger partial charge in [-0.25, -0.2) is 4.79 Å². The number of methoxy groups -OCH3 is 1. The third-order valence-corrected chi connectivity index (χ3v) is 9.09. The highest BCUT2D eigenvalue weighted by Crippen LogP contribution is 2.40. The van der Waals surface area contributed by atoms with Crippen molar-refractivity contribution in [1.82, 2.24) is 4.57 Å². The number of carbonyl (C=O) groups excluding carboxylic acids is 3. The van der Waals surface area contributed by atoms with E-state index in [0.717, 1.165) is 52.8 Å². The molecule has 1 aromatic carbocycles. The highest BCUT2D eigenvalue weighted by Gasteiger charge is 2.28. The van der Waals surface area contributed by atoms with Gasteiger partial charge < -0.3 is 14.6 Å². The van der Waals surface area contributed by atoms with Crippen LogP contribution >= 0.6 is 34.4 Å². The van der Waals surface area contributed by atoms with Crippen molar-refractivity contribution >= 4 is 73.1 Å². The number of hydrogen-bond donors (Lipinski definition) is 1. The lowest BCUT2D eigenvalue weighted by molar-refractivity contribution is -0.384. The zero-order chi connectivity index (χ0) is 27.4. The van der Waals surface area contributed by atoms with Gasteiger partial charge in [0.2, 0.25) is 5.91 Å². The van der Waals surface area contributed by atoms with Crippen molar-refractivity contribution in [1.29, 1.82) is 0 Å². The lowest BCUT2D eigenvalue weighted by Crippen LogP contribution is -2.19. The zero-order valence-electron chi connectivity index (χ0n) is 20.6. The Morgan fingerprint density at radius 3 is 2.84 bits per heavy atom. The predicted molar refractivity (Wildman–Crippen MR) is 149 cm³/mol. The lowest BCUT2D eigenvalue weighted by Gasteiger charge is -2.18. The predicted octanol–water partition coefficient (Wildman–Crippen LogP) is 4.02. The summed E-state index contributed by atoms with van der Waals surface area (Å²) in [5, 5.41) is 14.4. The molecule has 10 nitrogen and oxygen atoms in total. The summed E-state index contributed by atoms with van der Waals surface area (Å²) in [6, 6.07) is 4.37. The minimum Gasteiger partial charge on any atom is -0.465 e. The fourth-order valence-electron chi connectivity index (χ4n) is 4.19. The summed E-state index contributed by atoms with van der Waals surface area (Å²) in [6.07, 6.45) is 8.06. The summed E-state index contributed by atoms with van der Waals surface area (Å²) < 4.78 is 7.18. The van der Waals surface area contributed by atoms with E-state index in [-0.39, 0.29) is 29.6 Å². The Bertz CT molecular complexity index is 1540. The summed E-state index contributed by atoms with van der Waals surface area (Å²) in [7, 11) is 1.32. The first-order valence-electron chi connectivity index (χ1n) is 11.6. The van der Waals surface area contributed by atoms with Gasteiger partial charge in [0, 0.05) is 17.0 Å². The van der Waals surface area contributed by atoms with Gasteiger partial charge in [-0.15, -0.1) is 29.5 Å². The summed E-state index contributed by atoms with van der Waals surface area (Å²) in [4.78, 5) is 53.8. The summed E-state index contributed by atoms with van der Waals surface area (Å²) >= 11 is 3.63. The quantitative estimate of drug-likeness (QED) is 0.187. The van der Waals surface area contributed by atoms with Crippen LogP contribution < -0.4 is 10.1 Å². The van der Waals surface area contributed by atoms with Gasteiger partial charge in [0.15, 0.2) is 4.80 Å². The molecule has 0 radical (unpaired) electrons. The Balaban J connectivity index is 1.43. The van der Waals surface area contributed by atoms with Crippen molar-refractivity contribution in [2.75, 3.05) is 23.9 Å². The standard InChI is InChI=1S/C25H24N4O6S3/c1-4-9-28-17-8-6-15(29(33)34)11-19(17)38-25(28)27-21(31)13-36-12-20(30)26-23-22(24(32)35-3)16-7-5-14(2)10-18(16)37-23/h1,6,8,11,14H,5,7,9-10,12-13H2,2-3H3,(H,26,30). The van der Waals surface area contributed by atoms with Gasteiger partial charge in [-0.2, -0.15) is 4.99 Å². The van der Waals surface area contributed by atoms with Gasteiger partial charge >= 0.3 is 5.97 Å². The van der Waals surface area contributed by atoms with Crippen LogP contribution in [-0.4, -0.2) is 45.9 Å². The van der Waals surface area contributed by atoms with E-state index < -0.39 is 16.8 Å². The second-order valence-corrected chi connectivity index (χ2v) is 11.8. The number of rotatable bonds is 8. The van der Waals surface area contributed by atoms with Crippen molar-refractivity contribution < 1.29 is 24.0 Å². The third kappa shape index (κ3) is 5.98. The number of thiophene rings is 1. The number of esters is 1. The summed E-state index contributed by atoms with van der Waals surface area (Å²) in [5.41, 5.74) is 1.95. The van der Waals surface area contributed by atoms with Gasteiger partial charge in [0.1, 0.15) is 5.00 Å². The first-order valence-corrected chi connectivity index (χ1v) is 14.4. The Morgan fingerprint density at radius 2 is 2.13 bits per heavy atom. The van der Waals surface area contributed by atoms with E-state index in [2.05, 4.69) is 23.2 Å². The molecule has 2 aromatic heterocycles. The largest absolute Gasteiger partial charge is 0.465 e. The van der Waals surface area contributed by atoms with Gasteiger partial charge in [0.05, 0.1) is 45.9 Å². The van der Waals surface area contributed by atoms with Crippen LogP contribution in [-0.2, 0) is 33.7 Å². The molecule has 4 rings (SSSR count). The number of fused-ring (bicyclic) bond motifs is 2. The number of thiazole rings is 1. The molecule has 0 aliphatic heterocycles. The van der Waals surface area contributed by atoms with Crippen LogP contribution in [0.25, 0.3) is 10.2 Å². The highest BCUT2D eigenvalue weighted by atomic mass is 32.2. The molecule has 198 valence electrons. The smallest absolute Gasteiger partial charge is 0.341 e. The maximum atomic E-state index is 12.6. The Morgan fingerprint density at radius 1 is 1.34 bits per heavy atom. The minimum absolute atomic E-state index is 0.0101. The SMILES string of the molecule is C#CCn1c(=NC(=O)CSCC(=O)Nc2sc3c(c2C(=O)OC)CCC(C)C3)sc2cc([N+](=O)[O-])ccc21. The number of benzene rings is 1. The molecule has 0 bridgehead atoms. The fourth-order valence-corrected chi connectivity index (χ4v) is 7.29. The average Bonchev–Trinajstić information content (AvgIpc) is 3.39. The van der Waals surface area contributed by atoms with Crippen LogP contribution in [0.5, 0.6) is 0 Å². The number of nitro groups is 1. The van der Waals surface area contributed by atoms with E-state index in [1.54, 1.807) is 10.6 Å². The second-order valence-electron chi connectivity index (χ2n) is 8.68. The highest BCUT2D eigenvalue weighted by molar-refractivity contribution is 8.00. The number of carbonyl (C=O) groups is 3. The molecule has 38 heavy (non-hydrogen) atoms. The van der Waals surface area contributed by atoms with E-state index in [9.17, 15) is 24.5 Å². The molecule has 0 fully saturated rings. The Labute approximate surface area is 230 Å². The molecule has 2 amide bonds. The number of thioether (sulfide) groups is 1. The van der Waals surface area contributed by atoms with Crippen molar-refractivity contribution in [3.63, 3.8) is 0 Å². The summed E-state index contributed by atoms with van der Waals surface area (Å²) in [5.74, 6) is 1.68. The molecule has 0 saturated carbocycles. The fraction of sp³-hybridized carbons (Fsp3) is 0.360. The number of ether oxygens (including phenoxy) is 1. The molecule has 13 heteroatoms. The molecule has 1 aliphatic carbocycles. The normalized spacial score (nSPS) is 15.1. The lowest BCUT2D eigenvalue weighted by atomic mass is 9.88. The number of terminal acetylenes is 1. The van der Waals surface area contributed by atoms with Crippen molar-refractivity contribution in [3.05, 3.63) is 49.1 Å². The molecule has 1 atom stereocenters. The number of amides is 2. The topological polar surface area (TPSA) is 133 Å². The van der Waals surface area contributed by atoms with E-state index >= 15 is 0 Å². The van der Waals surface area contributed by atoms with Crippen LogP contribution in [0, 0.1) is 28.4 Å². The number of nitro benzene ring substituents is 1. The molecule has 0 spiro atoms. The Hall–Kier alpha value is -3.47. The number of nitrogens with zero attached hydrogens (tertiary/aromatic N) is 3.